The summed E-state index contributed by atoms with van der Waals surface area (Å²) < 4.78 is 11.7. The predicted molar refractivity (Wildman–Crippen MR) is 86.6 cm³/mol. The van der Waals surface area contributed by atoms with E-state index in [1.165, 1.54) is 16.8 Å². The van der Waals surface area contributed by atoms with Gasteiger partial charge in [-0.3, -0.25) is 9.88 Å². The Bertz CT molecular complexity index is 591. The molecule has 3 N–H and O–H groups in total. The van der Waals surface area contributed by atoms with Crippen molar-refractivity contribution in [2.45, 2.75) is 45.1 Å². The highest BCUT2D eigenvalue weighted by Crippen LogP contribution is 2.19. The van der Waals surface area contributed by atoms with Crippen LogP contribution in [0.3, 0.4) is 0 Å². The number of aromatic nitrogens is 2. The van der Waals surface area contributed by atoms with Gasteiger partial charge < -0.3 is 19.9 Å². The Labute approximate surface area is 140 Å². The molecule has 0 bridgehead atoms. The summed E-state index contributed by atoms with van der Waals surface area (Å²) in [5.41, 5.74) is -0.567. The van der Waals surface area contributed by atoms with Crippen LogP contribution in [0.5, 0.6) is 0 Å². The van der Waals surface area contributed by atoms with Gasteiger partial charge >= 0.3 is 11.7 Å². The van der Waals surface area contributed by atoms with Crippen LogP contribution in [0, 0.1) is 0 Å². The molecule has 0 radical (unpaired) electrons. The third-order valence-electron chi connectivity index (χ3n) is 3.58. The molecule has 1 aromatic rings. The van der Waals surface area contributed by atoms with Crippen molar-refractivity contribution in [1.29, 1.82) is 0 Å². The van der Waals surface area contributed by atoms with Crippen LogP contribution in [0.4, 0.5) is 10.6 Å². The Morgan fingerprint density at radius 1 is 1.46 bits per heavy atom. The SMILES string of the molecule is CCCCCCNC(=O)Nc1ccn(C2COC(CO)O2)c(=O)n1. The standard InChI is InChI=1S/C15H24N4O5/c1-2-3-4-5-7-16-14(21)17-11-6-8-19(15(22)18-11)12-10-23-13(9-20)24-12/h6,8,12-13,20H,2-5,7,9-10H2,1H3,(H2,16,17,18,21,22). The topological polar surface area (TPSA) is 115 Å². The normalized spacial score (nSPS) is 20.1. The fourth-order valence-corrected chi connectivity index (χ4v) is 2.30. The second-order valence-corrected chi connectivity index (χ2v) is 5.48. The maximum absolute atomic E-state index is 12.0. The van der Waals surface area contributed by atoms with Crippen molar-refractivity contribution >= 4 is 11.8 Å². The molecule has 1 aromatic heterocycles. The van der Waals surface area contributed by atoms with Gasteiger partial charge in [0.25, 0.3) is 0 Å². The fraction of sp³-hybridized carbons (Fsp3) is 0.667. The van der Waals surface area contributed by atoms with E-state index in [9.17, 15) is 9.59 Å². The lowest BCUT2D eigenvalue weighted by Crippen LogP contribution is -2.33. The number of rotatable bonds is 8. The van der Waals surface area contributed by atoms with E-state index >= 15 is 0 Å². The van der Waals surface area contributed by atoms with Crippen LogP contribution in [0.2, 0.25) is 0 Å². The van der Waals surface area contributed by atoms with Crippen molar-refractivity contribution in [1.82, 2.24) is 14.9 Å². The van der Waals surface area contributed by atoms with Crippen LogP contribution < -0.4 is 16.3 Å². The quantitative estimate of drug-likeness (QED) is 0.603. The number of ether oxygens (including phenoxy) is 2. The van der Waals surface area contributed by atoms with E-state index in [4.69, 9.17) is 14.6 Å². The van der Waals surface area contributed by atoms with Gasteiger partial charge in [0, 0.05) is 12.7 Å². The molecule has 1 fully saturated rings. The van der Waals surface area contributed by atoms with E-state index in [1.807, 2.05) is 0 Å². The Morgan fingerprint density at radius 2 is 2.29 bits per heavy atom. The number of unbranched alkanes of at least 4 members (excludes halogenated alkanes) is 3. The van der Waals surface area contributed by atoms with Crippen LogP contribution in [0.1, 0.15) is 38.8 Å². The summed E-state index contributed by atoms with van der Waals surface area (Å²) >= 11 is 0. The molecule has 134 valence electrons. The minimum atomic E-state index is -0.738. The number of hydrogen-bond acceptors (Lipinski definition) is 6. The zero-order chi connectivity index (χ0) is 17.4. The fourth-order valence-electron chi connectivity index (χ4n) is 2.30. The van der Waals surface area contributed by atoms with Gasteiger partial charge in [-0.25, -0.2) is 9.59 Å². The summed E-state index contributed by atoms with van der Waals surface area (Å²) in [5.74, 6) is 0.167. The molecular weight excluding hydrogens is 316 g/mol. The third kappa shape index (κ3) is 5.29. The largest absolute Gasteiger partial charge is 0.391 e. The zero-order valence-electron chi connectivity index (χ0n) is 13.7. The van der Waals surface area contributed by atoms with E-state index in [0.717, 1.165) is 25.7 Å². The van der Waals surface area contributed by atoms with E-state index in [2.05, 4.69) is 22.5 Å². The Hall–Kier alpha value is -1.97. The van der Waals surface area contributed by atoms with Gasteiger partial charge in [-0.15, -0.1) is 0 Å². The highest BCUT2D eigenvalue weighted by Gasteiger charge is 2.27. The van der Waals surface area contributed by atoms with Crippen molar-refractivity contribution < 1.29 is 19.4 Å². The Balaban J connectivity index is 1.83. The molecule has 2 rings (SSSR count). The summed E-state index contributed by atoms with van der Waals surface area (Å²) in [4.78, 5) is 27.6. The van der Waals surface area contributed by atoms with Gasteiger partial charge in [-0.1, -0.05) is 26.2 Å². The molecule has 0 aromatic carbocycles. The van der Waals surface area contributed by atoms with E-state index in [0.29, 0.717) is 6.54 Å². The average molecular weight is 340 g/mol. The lowest BCUT2D eigenvalue weighted by Gasteiger charge is -2.13. The minimum Gasteiger partial charge on any atom is -0.391 e. The summed E-state index contributed by atoms with van der Waals surface area (Å²) in [5, 5.41) is 14.2. The summed E-state index contributed by atoms with van der Waals surface area (Å²) in [6, 6.07) is 1.12. The number of anilines is 1. The molecule has 2 atom stereocenters. The maximum Gasteiger partial charge on any atom is 0.351 e. The number of aliphatic hydroxyl groups is 1. The highest BCUT2D eigenvalue weighted by molar-refractivity contribution is 5.87. The average Bonchev–Trinajstić information content (AvgIpc) is 3.03. The highest BCUT2D eigenvalue weighted by atomic mass is 16.7. The van der Waals surface area contributed by atoms with Crippen molar-refractivity contribution in [3.63, 3.8) is 0 Å². The number of urea groups is 1. The molecule has 0 spiro atoms. The zero-order valence-corrected chi connectivity index (χ0v) is 13.7. The number of hydrogen-bond donors (Lipinski definition) is 3. The summed E-state index contributed by atoms with van der Waals surface area (Å²) in [6.45, 7) is 2.58. The number of nitrogens with zero attached hydrogens (tertiary/aromatic N) is 2. The first-order valence-electron chi connectivity index (χ1n) is 8.16. The first kappa shape index (κ1) is 18.4. The molecule has 1 aliphatic heterocycles. The van der Waals surface area contributed by atoms with Crippen LogP contribution in [-0.2, 0) is 9.47 Å². The number of carbonyl (C=O) groups is 1. The maximum atomic E-state index is 12.0. The summed E-state index contributed by atoms with van der Waals surface area (Å²) in [6.07, 6.45) is 4.38. The van der Waals surface area contributed by atoms with Gasteiger partial charge in [-0.05, 0) is 12.5 Å². The van der Waals surface area contributed by atoms with E-state index < -0.39 is 24.2 Å². The predicted octanol–water partition coefficient (Wildman–Crippen LogP) is 0.809. The third-order valence-corrected chi connectivity index (χ3v) is 3.58. The lowest BCUT2D eigenvalue weighted by molar-refractivity contribution is -0.0992. The molecule has 2 unspecified atom stereocenters. The molecule has 2 heterocycles. The molecule has 0 aliphatic carbocycles. The molecule has 2 amide bonds. The Kier molecular flexibility index (Phi) is 7.16. The smallest absolute Gasteiger partial charge is 0.351 e. The van der Waals surface area contributed by atoms with Crippen LogP contribution in [-0.4, -0.2) is 46.7 Å². The number of aliphatic hydroxyl groups excluding tert-OH is 1. The number of nitrogens with one attached hydrogen (secondary N) is 2. The molecule has 24 heavy (non-hydrogen) atoms. The van der Waals surface area contributed by atoms with E-state index in [-0.39, 0.29) is 19.0 Å². The van der Waals surface area contributed by atoms with Crippen molar-refractivity contribution in [3.05, 3.63) is 22.7 Å². The first-order valence-corrected chi connectivity index (χ1v) is 8.16. The number of amides is 2. The van der Waals surface area contributed by atoms with Crippen LogP contribution in [0.25, 0.3) is 0 Å². The van der Waals surface area contributed by atoms with Gasteiger partial charge in [0.2, 0.25) is 0 Å². The first-order chi connectivity index (χ1) is 11.6. The second kappa shape index (κ2) is 9.36. The second-order valence-electron chi connectivity index (χ2n) is 5.48. The molecule has 0 saturated carbocycles. The van der Waals surface area contributed by atoms with Gasteiger partial charge in [0.1, 0.15) is 5.82 Å². The Morgan fingerprint density at radius 3 is 2.96 bits per heavy atom. The van der Waals surface area contributed by atoms with Crippen molar-refractivity contribution in [2.75, 3.05) is 25.1 Å². The molecule has 1 saturated heterocycles. The number of carbonyl (C=O) groups excluding carboxylic acids is 1. The monoisotopic (exact) mass is 340 g/mol. The molecule has 1 aliphatic rings. The minimum absolute atomic E-state index is 0.151. The van der Waals surface area contributed by atoms with Crippen LogP contribution >= 0.6 is 0 Å². The summed E-state index contributed by atoms with van der Waals surface area (Å²) in [7, 11) is 0. The van der Waals surface area contributed by atoms with Gasteiger partial charge in [0.05, 0.1) is 13.2 Å². The molecular formula is C15H24N4O5. The van der Waals surface area contributed by atoms with Crippen molar-refractivity contribution in [3.8, 4) is 0 Å². The molecule has 9 heteroatoms. The van der Waals surface area contributed by atoms with Gasteiger partial charge in [-0.2, -0.15) is 4.98 Å². The molecule has 9 nitrogen and oxygen atoms in total. The van der Waals surface area contributed by atoms with E-state index in [1.54, 1.807) is 0 Å². The van der Waals surface area contributed by atoms with Gasteiger partial charge in [0.15, 0.2) is 12.5 Å². The van der Waals surface area contributed by atoms with Crippen molar-refractivity contribution in [2.24, 2.45) is 0 Å². The lowest BCUT2D eigenvalue weighted by atomic mass is 10.2. The van der Waals surface area contributed by atoms with Crippen LogP contribution in [0.15, 0.2) is 17.1 Å².